The fraction of sp³-hybridized carbons (Fsp3) is 0.353. The molecule has 1 aliphatic heterocycles. The van der Waals surface area contributed by atoms with Crippen LogP contribution in [0.25, 0.3) is 0 Å². The molecule has 1 N–H and O–H groups in total. The first-order valence-corrected chi connectivity index (χ1v) is 8.16. The third-order valence-corrected chi connectivity index (χ3v) is 4.09. The lowest BCUT2D eigenvalue weighted by molar-refractivity contribution is -0.120. The SMILES string of the molecule is O=C(Cc1ccc(Cl)cc1)NCc1ccnc(N2CCCC2)n1. The topological polar surface area (TPSA) is 58.1 Å². The van der Waals surface area contributed by atoms with Crippen LogP contribution in [0.3, 0.4) is 0 Å². The van der Waals surface area contributed by atoms with Gasteiger partial charge in [0.25, 0.3) is 0 Å². The van der Waals surface area contributed by atoms with E-state index in [9.17, 15) is 4.79 Å². The molecule has 1 fully saturated rings. The van der Waals surface area contributed by atoms with Crippen molar-refractivity contribution < 1.29 is 4.79 Å². The van der Waals surface area contributed by atoms with Gasteiger partial charge in [-0.25, -0.2) is 9.97 Å². The maximum Gasteiger partial charge on any atom is 0.225 e. The molecule has 23 heavy (non-hydrogen) atoms. The van der Waals surface area contributed by atoms with Gasteiger partial charge in [-0.1, -0.05) is 23.7 Å². The Morgan fingerprint density at radius 3 is 2.65 bits per heavy atom. The molecular weight excluding hydrogens is 312 g/mol. The summed E-state index contributed by atoms with van der Waals surface area (Å²) in [4.78, 5) is 23.0. The van der Waals surface area contributed by atoms with Crippen LogP contribution in [0.1, 0.15) is 24.1 Å². The van der Waals surface area contributed by atoms with Crippen molar-refractivity contribution in [3.8, 4) is 0 Å². The van der Waals surface area contributed by atoms with E-state index in [1.165, 1.54) is 12.8 Å². The van der Waals surface area contributed by atoms with E-state index >= 15 is 0 Å². The van der Waals surface area contributed by atoms with Crippen LogP contribution < -0.4 is 10.2 Å². The molecule has 1 saturated heterocycles. The number of rotatable bonds is 5. The van der Waals surface area contributed by atoms with Gasteiger partial charge in [-0.05, 0) is 36.6 Å². The fourth-order valence-electron chi connectivity index (χ4n) is 2.59. The Bertz CT molecular complexity index is 669. The van der Waals surface area contributed by atoms with Crippen LogP contribution in [0.2, 0.25) is 5.02 Å². The summed E-state index contributed by atoms with van der Waals surface area (Å²) in [6.45, 7) is 2.43. The quantitative estimate of drug-likeness (QED) is 0.915. The normalized spacial score (nSPS) is 14.0. The van der Waals surface area contributed by atoms with Gasteiger partial charge in [0.1, 0.15) is 0 Å². The molecule has 0 atom stereocenters. The summed E-state index contributed by atoms with van der Waals surface area (Å²) in [5, 5.41) is 3.57. The highest BCUT2D eigenvalue weighted by molar-refractivity contribution is 6.30. The third-order valence-electron chi connectivity index (χ3n) is 3.83. The number of halogens is 1. The number of anilines is 1. The van der Waals surface area contributed by atoms with Gasteiger partial charge >= 0.3 is 0 Å². The molecule has 3 rings (SSSR count). The highest BCUT2D eigenvalue weighted by Crippen LogP contribution is 2.15. The van der Waals surface area contributed by atoms with E-state index in [1.807, 2.05) is 18.2 Å². The van der Waals surface area contributed by atoms with Crippen LogP contribution in [0.15, 0.2) is 36.5 Å². The van der Waals surface area contributed by atoms with Crippen LogP contribution in [0, 0.1) is 0 Å². The molecule has 6 heteroatoms. The number of nitrogens with zero attached hydrogens (tertiary/aromatic N) is 3. The lowest BCUT2D eigenvalue weighted by atomic mass is 10.1. The Morgan fingerprint density at radius 1 is 1.17 bits per heavy atom. The second-order valence-electron chi connectivity index (χ2n) is 5.62. The van der Waals surface area contributed by atoms with Crippen molar-refractivity contribution in [3.05, 3.63) is 52.8 Å². The molecule has 120 valence electrons. The molecule has 1 aromatic carbocycles. The highest BCUT2D eigenvalue weighted by atomic mass is 35.5. The van der Waals surface area contributed by atoms with E-state index in [1.54, 1.807) is 18.3 Å². The van der Waals surface area contributed by atoms with Gasteiger partial charge in [-0.15, -0.1) is 0 Å². The summed E-state index contributed by atoms with van der Waals surface area (Å²) >= 11 is 5.84. The average Bonchev–Trinajstić information content (AvgIpc) is 3.10. The number of aromatic nitrogens is 2. The molecular formula is C17H19ClN4O. The Kier molecular flexibility index (Phi) is 5.08. The highest BCUT2D eigenvalue weighted by Gasteiger charge is 2.15. The largest absolute Gasteiger partial charge is 0.350 e. The van der Waals surface area contributed by atoms with E-state index in [-0.39, 0.29) is 5.91 Å². The second kappa shape index (κ2) is 7.42. The maximum absolute atomic E-state index is 12.0. The first-order valence-electron chi connectivity index (χ1n) is 7.79. The predicted octanol–water partition coefficient (Wildman–Crippen LogP) is 2.59. The van der Waals surface area contributed by atoms with Crippen molar-refractivity contribution in [2.24, 2.45) is 0 Å². The molecule has 0 saturated carbocycles. The number of benzene rings is 1. The number of hydrogen-bond acceptors (Lipinski definition) is 4. The zero-order valence-corrected chi connectivity index (χ0v) is 13.6. The molecule has 0 bridgehead atoms. The first kappa shape index (κ1) is 15.7. The molecule has 5 nitrogen and oxygen atoms in total. The number of hydrogen-bond donors (Lipinski definition) is 1. The summed E-state index contributed by atoms with van der Waals surface area (Å²) in [5.74, 6) is 0.723. The Labute approximate surface area is 140 Å². The van der Waals surface area contributed by atoms with E-state index in [0.717, 1.165) is 30.3 Å². The van der Waals surface area contributed by atoms with Crippen molar-refractivity contribution in [2.75, 3.05) is 18.0 Å². The summed E-state index contributed by atoms with van der Waals surface area (Å²) in [6.07, 6.45) is 4.46. The average molecular weight is 331 g/mol. The van der Waals surface area contributed by atoms with Crippen molar-refractivity contribution >= 4 is 23.5 Å². The Hall–Kier alpha value is -2.14. The number of carbonyl (C=O) groups is 1. The number of amides is 1. The Balaban J connectivity index is 1.54. The van der Waals surface area contributed by atoms with Crippen LogP contribution >= 0.6 is 11.6 Å². The van der Waals surface area contributed by atoms with E-state index in [2.05, 4.69) is 20.2 Å². The molecule has 1 amide bonds. The smallest absolute Gasteiger partial charge is 0.225 e. The summed E-state index contributed by atoms with van der Waals surface area (Å²) in [5.41, 5.74) is 1.76. The van der Waals surface area contributed by atoms with Crippen LogP contribution in [0.4, 0.5) is 5.95 Å². The minimum atomic E-state index is -0.0337. The van der Waals surface area contributed by atoms with Crippen molar-refractivity contribution in [3.63, 3.8) is 0 Å². The van der Waals surface area contributed by atoms with Gasteiger partial charge < -0.3 is 10.2 Å². The zero-order valence-electron chi connectivity index (χ0n) is 12.8. The monoisotopic (exact) mass is 330 g/mol. The minimum Gasteiger partial charge on any atom is -0.350 e. The standard InChI is InChI=1S/C17H19ClN4O/c18-14-5-3-13(4-6-14)11-16(23)20-12-15-7-8-19-17(21-15)22-9-1-2-10-22/h3-8H,1-2,9-12H2,(H,20,23). The summed E-state index contributed by atoms with van der Waals surface area (Å²) < 4.78 is 0. The lowest BCUT2D eigenvalue weighted by Crippen LogP contribution is -2.26. The van der Waals surface area contributed by atoms with Crippen LogP contribution in [-0.2, 0) is 17.8 Å². The zero-order chi connectivity index (χ0) is 16.1. The fourth-order valence-corrected chi connectivity index (χ4v) is 2.72. The maximum atomic E-state index is 12.0. The molecule has 0 spiro atoms. The van der Waals surface area contributed by atoms with Gasteiger partial charge in [0.05, 0.1) is 18.7 Å². The van der Waals surface area contributed by atoms with Crippen molar-refractivity contribution in [1.82, 2.24) is 15.3 Å². The van der Waals surface area contributed by atoms with Gasteiger partial charge in [-0.3, -0.25) is 4.79 Å². The number of nitrogens with one attached hydrogen (secondary N) is 1. The van der Waals surface area contributed by atoms with E-state index in [0.29, 0.717) is 18.0 Å². The summed E-state index contributed by atoms with van der Waals surface area (Å²) in [7, 11) is 0. The third kappa shape index (κ3) is 4.42. The van der Waals surface area contributed by atoms with Crippen LogP contribution in [-0.4, -0.2) is 29.0 Å². The Morgan fingerprint density at radius 2 is 1.91 bits per heavy atom. The molecule has 1 aromatic heterocycles. The lowest BCUT2D eigenvalue weighted by Gasteiger charge is -2.15. The van der Waals surface area contributed by atoms with Gasteiger partial charge in [0.2, 0.25) is 11.9 Å². The number of carbonyl (C=O) groups excluding carboxylic acids is 1. The van der Waals surface area contributed by atoms with Gasteiger partial charge in [0.15, 0.2) is 0 Å². The van der Waals surface area contributed by atoms with E-state index in [4.69, 9.17) is 11.6 Å². The molecule has 0 unspecified atom stereocenters. The first-order chi connectivity index (χ1) is 11.2. The van der Waals surface area contributed by atoms with Gasteiger partial charge in [0, 0.05) is 24.3 Å². The van der Waals surface area contributed by atoms with Gasteiger partial charge in [-0.2, -0.15) is 0 Å². The van der Waals surface area contributed by atoms with Crippen molar-refractivity contribution in [1.29, 1.82) is 0 Å². The molecule has 2 heterocycles. The van der Waals surface area contributed by atoms with Crippen molar-refractivity contribution in [2.45, 2.75) is 25.8 Å². The minimum absolute atomic E-state index is 0.0337. The van der Waals surface area contributed by atoms with E-state index < -0.39 is 0 Å². The predicted molar refractivity (Wildman–Crippen MR) is 90.5 cm³/mol. The molecule has 0 radical (unpaired) electrons. The molecule has 1 aliphatic rings. The summed E-state index contributed by atoms with van der Waals surface area (Å²) in [6, 6.07) is 9.13. The second-order valence-corrected chi connectivity index (χ2v) is 6.06. The molecule has 0 aliphatic carbocycles. The molecule has 2 aromatic rings. The van der Waals surface area contributed by atoms with Crippen LogP contribution in [0.5, 0.6) is 0 Å².